The van der Waals surface area contributed by atoms with Crippen LogP contribution in [0.4, 0.5) is 0 Å². The molecule has 0 N–H and O–H groups in total. The number of hydrogen-bond acceptors (Lipinski definition) is 2. The Hall–Kier alpha value is -2.09. The highest BCUT2D eigenvalue weighted by molar-refractivity contribution is 5.91. The van der Waals surface area contributed by atoms with Crippen LogP contribution in [-0.4, -0.2) is 5.78 Å². The standard InChI is InChI=1S/C15H14O2/c1-12(16)7-8-14-9-10-15(17-14)11-13-5-3-2-4-6-13/h2-10H,11H2,1H3. The second-order valence-corrected chi connectivity index (χ2v) is 3.91. The Morgan fingerprint density at radius 1 is 1.18 bits per heavy atom. The minimum absolute atomic E-state index is 0.0195. The molecule has 0 radical (unpaired) electrons. The van der Waals surface area contributed by atoms with Crippen molar-refractivity contribution in [2.75, 3.05) is 0 Å². The van der Waals surface area contributed by atoms with Gasteiger partial charge in [0, 0.05) is 6.42 Å². The monoisotopic (exact) mass is 226 g/mol. The van der Waals surface area contributed by atoms with Crippen LogP contribution in [0.15, 0.2) is 53.0 Å². The molecule has 1 aromatic carbocycles. The smallest absolute Gasteiger partial charge is 0.152 e. The molecule has 0 bridgehead atoms. The number of carbonyl (C=O) groups is 1. The van der Waals surface area contributed by atoms with Gasteiger partial charge in [-0.3, -0.25) is 4.79 Å². The van der Waals surface area contributed by atoms with E-state index in [0.29, 0.717) is 5.76 Å². The molecule has 0 saturated heterocycles. The Labute approximate surface area is 101 Å². The zero-order chi connectivity index (χ0) is 12.1. The molecule has 2 aromatic rings. The van der Waals surface area contributed by atoms with Gasteiger partial charge in [0.25, 0.3) is 0 Å². The van der Waals surface area contributed by atoms with Gasteiger partial charge >= 0.3 is 0 Å². The molecule has 1 heterocycles. The maximum atomic E-state index is 10.8. The summed E-state index contributed by atoms with van der Waals surface area (Å²) in [7, 11) is 0. The summed E-state index contributed by atoms with van der Waals surface area (Å²) in [5.41, 5.74) is 1.21. The van der Waals surface area contributed by atoms with E-state index in [2.05, 4.69) is 12.1 Å². The summed E-state index contributed by atoms with van der Waals surface area (Å²) in [5, 5.41) is 0. The van der Waals surface area contributed by atoms with Gasteiger partial charge in [-0.15, -0.1) is 0 Å². The highest BCUT2D eigenvalue weighted by atomic mass is 16.3. The third-order valence-electron chi connectivity index (χ3n) is 2.39. The van der Waals surface area contributed by atoms with Gasteiger partial charge in [-0.2, -0.15) is 0 Å². The predicted octanol–water partition coefficient (Wildman–Crippen LogP) is 3.47. The van der Waals surface area contributed by atoms with E-state index in [1.54, 1.807) is 6.08 Å². The summed E-state index contributed by atoms with van der Waals surface area (Å²) in [6, 6.07) is 13.9. The zero-order valence-corrected chi connectivity index (χ0v) is 9.72. The Balaban J connectivity index is 2.06. The van der Waals surface area contributed by atoms with E-state index in [-0.39, 0.29) is 5.78 Å². The van der Waals surface area contributed by atoms with Gasteiger partial charge in [0.05, 0.1) is 0 Å². The number of allylic oxidation sites excluding steroid dienone is 1. The van der Waals surface area contributed by atoms with Gasteiger partial charge in [0.2, 0.25) is 0 Å². The molecular weight excluding hydrogens is 212 g/mol. The predicted molar refractivity (Wildman–Crippen MR) is 67.7 cm³/mol. The summed E-state index contributed by atoms with van der Waals surface area (Å²) in [4.78, 5) is 10.8. The molecule has 0 aliphatic carbocycles. The van der Waals surface area contributed by atoms with Crippen molar-refractivity contribution in [3.63, 3.8) is 0 Å². The second-order valence-electron chi connectivity index (χ2n) is 3.91. The van der Waals surface area contributed by atoms with E-state index >= 15 is 0 Å². The molecule has 86 valence electrons. The molecule has 2 heteroatoms. The van der Waals surface area contributed by atoms with Gasteiger partial charge in [0.1, 0.15) is 11.5 Å². The number of benzene rings is 1. The Morgan fingerprint density at radius 3 is 2.65 bits per heavy atom. The molecule has 0 saturated carbocycles. The van der Waals surface area contributed by atoms with Crippen molar-refractivity contribution in [3.05, 3.63) is 65.6 Å². The number of rotatable bonds is 4. The van der Waals surface area contributed by atoms with Crippen LogP contribution in [-0.2, 0) is 11.2 Å². The maximum Gasteiger partial charge on any atom is 0.152 e. The first-order valence-electron chi connectivity index (χ1n) is 5.55. The fraction of sp³-hybridized carbons (Fsp3) is 0.133. The molecular formula is C15H14O2. The molecule has 17 heavy (non-hydrogen) atoms. The molecule has 0 unspecified atom stereocenters. The summed E-state index contributed by atoms with van der Waals surface area (Å²) < 4.78 is 5.60. The quantitative estimate of drug-likeness (QED) is 0.747. The van der Waals surface area contributed by atoms with E-state index < -0.39 is 0 Å². The first-order chi connectivity index (χ1) is 8.24. The minimum Gasteiger partial charge on any atom is -0.461 e. The second kappa shape index (κ2) is 5.30. The number of furan rings is 1. The maximum absolute atomic E-state index is 10.8. The summed E-state index contributed by atoms with van der Waals surface area (Å²) in [5.74, 6) is 1.64. The normalized spacial score (nSPS) is 10.9. The largest absolute Gasteiger partial charge is 0.461 e. The minimum atomic E-state index is 0.0195. The number of hydrogen-bond donors (Lipinski definition) is 0. The van der Waals surface area contributed by atoms with E-state index in [9.17, 15) is 4.79 Å². The number of carbonyl (C=O) groups excluding carboxylic acids is 1. The van der Waals surface area contributed by atoms with Crippen molar-refractivity contribution < 1.29 is 9.21 Å². The highest BCUT2D eigenvalue weighted by Gasteiger charge is 2.01. The third kappa shape index (κ3) is 3.45. The fourth-order valence-electron chi connectivity index (χ4n) is 1.58. The molecule has 2 nitrogen and oxygen atoms in total. The average molecular weight is 226 g/mol. The summed E-state index contributed by atoms with van der Waals surface area (Å²) >= 11 is 0. The van der Waals surface area contributed by atoms with Gasteiger partial charge in [-0.05, 0) is 36.8 Å². The van der Waals surface area contributed by atoms with Crippen molar-refractivity contribution in [2.45, 2.75) is 13.3 Å². The van der Waals surface area contributed by atoms with Crippen LogP contribution in [0.25, 0.3) is 6.08 Å². The first-order valence-corrected chi connectivity index (χ1v) is 5.55. The van der Waals surface area contributed by atoms with Crippen molar-refractivity contribution in [3.8, 4) is 0 Å². The third-order valence-corrected chi connectivity index (χ3v) is 2.39. The van der Waals surface area contributed by atoms with Crippen molar-refractivity contribution in [1.29, 1.82) is 0 Å². The van der Waals surface area contributed by atoms with Crippen molar-refractivity contribution in [1.82, 2.24) is 0 Å². The molecule has 0 aliphatic heterocycles. The molecule has 1 aromatic heterocycles. The van der Waals surface area contributed by atoms with Crippen LogP contribution >= 0.6 is 0 Å². The van der Waals surface area contributed by atoms with Crippen LogP contribution in [0.5, 0.6) is 0 Å². The van der Waals surface area contributed by atoms with E-state index in [1.165, 1.54) is 18.6 Å². The lowest BCUT2D eigenvalue weighted by atomic mass is 10.1. The summed E-state index contributed by atoms with van der Waals surface area (Å²) in [6.45, 7) is 1.52. The zero-order valence-electron chi connectivity index (χ0n) is 9.72. The SMILES string of the molecule is CC(=O)C=Cc1ccc(Cc2ccccc2)o1. The lowest BCUT2D eigenvalue weighted by molar-refractivity contribution is -0.112. The lowest BCUT2D eigenvalue weighted by Crippen LogP contribution is -1.83. The van der Waals surface area contributed by atoms with Gasteiger partial charge in [-0.25, -0.2) is 0 Å². The van der Waals surface area contributed by atoms with E-state index in [4.69, 9.17) is 4.42 Å². The molecule has 0 atom stereocenters. The van der Waals surface area contributed by atoms with Crippen LogP contribution in [0.1, 0.15) is 24.0 Å². The molecule has 0 aliphatic rings. The Morgan fingerprint density at radius 2 is 1.94 bits per heavy atom. The topological polar surface area (TPSA) is 30.2 Å². The van der Waals surface area contributed by atoms with Crippen LogP contribution in [0, 0.1) is 0 Å². The van der Waals surface area contributed by atoms with Gasteiger partial charge < -0.3 is 4.42 Å². The van der Waals surface area contributed by atoms with E-state index in [0.717, 1.165) is 12.2 Å². The molecule has 2 rings (SSSR count). The van der Waals surface area contributed by atoms with Gasteiger partial charge in [0.15, 0.2) is 5.78 Å². The molecule has 0 spiro atoms. The first kappa shape index (κ1) is 11.4. The highest BCUT2D eigenvalue weighted by Crippen LogP contribution is 2.14. The van der Waals surface area contributed by atoms with Crippen molar-refractivity contribution in [2.24, 2.45) is 0 Å². The summed E-state index contributed by atoms with van der Waals surface area (Å²) in [6.07, 6.45) is 3.97. The van der Waals surface area contributed by atoms with Gasteiger partial charge in [-0.1, -0.05) is 30.3 Å². The molecule has 0 fully saturated rings. The molecule has 0 amide bonds. The Bertz CT molecular complexity index is 521. The van der Waals surface area contributed by atoms with Crippen LogP contribution < -0.4 is 0 Å². The Kier molecular flexibility index (Phi) is 3.55. The lowest BCUT2D eigenvalue weighted by Gasteiger charge is -1.96. The average Bonchev–Trinajstić information content (AvgIpc) is 2.75. The van der Waals surface area contributed by atoms with Crippen LogP contribution in [0.2, 0.25) is 0 Å². The van der Waals surface area contributed by atoms with Crippen LogP contribution in [0.3, 0.4) is 0 Å². The number of ketones is 1. The van der Waals surface area contributed by atoms with E-state index in [1.807, 2.05) is 30.3 Å². The fourth-order valence-corrected chi connectivity index (χ4v) is 1.58. The van der Waals surface area contributed by atoms with Crippen molar-refractivity contribution >= 4 is 11.9 Å².